The van der Waals surface area contributed by atoms with Gasteiger partial charge in [-0.25, -0.2) is 4.79 Å². The minimum Gasteiger partial charge on any atom is -0.480 e. The molecule has 0 spiro atoms. The van der Waals surface area contributed by atoms with Gasteiger partial charge in [-0.15, -0.1) is 0 Å². The van der Waals surface area contributed by atoms with Crippen LogP contribution in [0.15, 0.2) is 30.3 Å². The molecule has 0 aliphatic carbocycles. The molecule has 0 radical (unpaired) electrons. The first-order valence-corrected chi connectivity index (χ1v) is 5.20. The lowest BCUT2D eigenvalue weighted by atomic mass is 10.1. The zero-order valence-electron chi connectivity index (χ0n) is 9.00. The van der Waals surface area contributed by atoms with Crippen molar-refractivity contribution in [2.45, 2.75) is 12.5 Å². The summed E-state index contributed by atoms with van der Waals surface area (Å²) in [5.41, 5.74) is 0.397. The van der Waals surface area contributed by atoms with Crippen molar-refractivity contribution in [3.8, 4) is 0 Å². The number of carbonyl (C=O) groups is 3. The Morgan fingerprint density at radius 3 is 2.47 bits per heavy atom. The fourth-order valence-electron chi connectivity index (χ4n) is 1.87. The molecule has 17 heavy (non-hydrogen) atoms. The molecule has 1 N–H and O–H groups in total. The van der Waals surface area contributed by atoms with Crippen LogP contribution in [0.4, 0.5) is 0 Å². The van der Waals surface area contributed by atoms with E-state index in [9.17, 15) is 14.4 Å². The van der Waals surface area contributed by atoms with Crippen LogP contribution < -0.4 is 0 Å². The van der Waals surface area contributed by atoms with Crippen molar-refractivity contribution in [1.82, 2.24) is 4.90 Å². The molecule has 1 amide bonds. The lowest BCUT2D eigenvalue weighted by molar-refractivity contribution is -0.141. The molecule has 1 aromatic carbocycles. The van der Waals surface area contributed by atoms with Gasteiger partial charge in [0.15, 0.2) is 5.78 Å². The number of benzene rings is 1. The Morgan fingerprint density at radius 1 is 1.24 bits per heavy atom. The Hall–Kier alpha value is -2.17. The van der Waals surface area contributed by atoms with Gasteiger partial charge in [-0.3, -0.25) is 9.59 Å². The number of nitrogens with zero attached hydrogens (tertiary/aromatic N) is 1. The first kappa shape index (κ1) is 11.3. The molecular weight excluding hydrogens is 222 g/mol. The van der Waals surface area contributed by atoms with E-state index < -0.39 is 17.9 Å². The van der Waals surface area contributed by atoms with Gasteiger partial charge in [0.2, 0.25) is 0 Å². The molecule has 1 saturated heterocycles. The first-order valence-electron chi connectivity index (χ1n) is 5.20. The fraction of sp³-hybridized carbons (Fsp3) is 0.250. The number of likely N-dealkylation sites (tertiary alicyclic amines) is 1. The molecule has 5 nitrogen and oxygen atoms in total. The van der Waals surface area contributed by atoms with E-state index in [1.807, 2.05) is 0 Å². The molecule has 1 unspecified atom stereocenters. The van der Waals surface area contributed by atoms with Crippen molar-refractivity contribution in [3.05, 3.63) is 35.9 Å². The third kappa shape index (κ3) is 2.18. The van der Waals surface area contributed by atoms with Gasteiger partial charge in [-0.1, -0.05) is 18.2 Å². The van der Waals surface area contributed by atoms with Gasteiger partial charge in [-0.05, 0) is 12.1 Å². The molecule has 0 saturated carbocycles. The number of rotatable bonds is 2. The molecule has 5 heteroatoms. The number of ketones is 1. The second kappa shape index (κ2) is 4.37. The minimum absolute atomic E-state index is 0.103. The van der Waals surface area contributed by atoms with Gasteiger partial charge in [0.05, 0.1) is 6.54 Å². The lowest BCUT2D eigenvalue weighted by Gasteiger charge is -2.20. The van der Waals surface area contributed by atoms with Gasteiger partial charge < -0.3 is 10.0 Å². The summed E-state index contributed by atoms with van der Waals surface area (Å²) >= 11 is 0. The summed E-state index contributed by atoms with van der Waals surface area (Å²) in [4.78, 5) is 35.3. The fourth-order valence-corrected chi connectivity index (χ4v) is 1.87. The van der Waals surface area contributed by atoms with E-state index >= 15 is 0 Å². The SMILES string of the molecule is O=C1CC(C(=O)O)N(C(=O)c2ccccc2)C1. The zero-order valence-corrected chi connectivity index (χ0v) is 9.00. The average molecular weight is 233 g/mol. The van der Waals surface area contributed by atoms with Crippen molar-refractivity contribution in [1.29, 1.82) is 0 Å². The summed E-state index contributed by atoms with van der Waals surface area (Å²) < 4.78 is 0. The zero-order chi connectivity index (χ0) is 12.4. The predicted octanol–water partition coefficient (Wildman–Crippen LogP) is 0.555. The summed E-state index contributed by atoms with van der Waals surface area (Å²) in [7, 11) is 0. The molecule has 1 fully saturated rings. The van der Waals surface area contributed by atoms with E-state index in [2.05, 4.69) is 0 Å². The maximum atomic E-state index is 12.0. The summed E-state index contributed by atoms with van der Waals surface area (Å²) in [5.74, 6) is -1.77. The Labute approximate surface area is 97.7 Å². The number of carboxylic acids is 1. The van der Waals surface area contributed by atoms with Crippen LogP contribution in [0.1, 0.15) is 16.8 Å². The highest BCUT2D eigenvalue weighted by Crippen LogP contribution is 2.18. The quantitative estimate of drug-likeness (QED) is 0.809. The molecule has 1 aromatic rings. The van der Waals surface area contributed by atoms with Crippen molar-refractivity contribution < 1.29 is 19.5 Å². The Morgan fingerprint density at radius 2 is 1.88 bits per heavy atom. The predicted molar refractivity (Wildman–Crippen MR) is 58.5 cm³/mol. The molecule has 0 aromatic heterocycles. The Kier molecular flexibility index (Phi) is 2.91. The number of aliphatic carboxylic acids is 1. The Bertz CT molecular complexity index is 469. The van der Waals surface area contributed by atoms with E-state index in [0.717, 1.165) is 4.90 Å². The average Bonchev–Trinajstić information content (AvgIpc) is 2.72. The molecular formula is C12H11NO4. The van der Waals surface area contributed by atoms with E-state index in [-0.39, 0.29) is 18.7 Å². The number of hydrogen-bond donors (Lipinski definition) is 1. The maximum Gasteiger partial charge on any atom is 0.326 e. The minimum atomic E-state index is -1.14. The number of hydrogen-bond acceptors (Lipinski definition) is 3. The van der Waals surface area contributed by atoms with Gasteiger partial charge in [0, 0.05) is 12.0 Å². The van der Waals surface area contributed by atoms with Crippen LogP contribution in [0, 0.1) is 0 Å². The molecule has 1 aliphatic heterocycles. The van der Waals surface area contributed by atoms with Crippen LogP contribution in [0.25, 0.3) is 0 Å². The van der Waals surface area contributed by atoms with E-state index in [1.54, 1.807) is 30.3 Å². The molecule has 0 bridgehead atoms. The summed E-state index contributed by atoms with van der Waals surface area (Å²) in [6, 6.07) is 7.33. The monoisotopic (exact) mass is 233 g/mol. The molecule has 2 rings (SSSR count). The number of carboxylic acid groups (broad SMARTS) is 1. The largest absolute Gasteiger partial charge is 0.480 e. The van der Waals surface area contributed by atoms with Gasteiger partial charge in [-0.2, -0.15) is 0 Å². The number of carbonyl (C=O) groups excluding carboxylic acids is 2. The normalized spacial score (nSPS) is 19.4. The highest BCUT2D eigenvalue weighted by Gasteiger charge is 2.38. The maximum absolute atomic E-state index is 12.0. The van der Waals surface area contributed by atoms with Crippen LogP contribution in [-0.4, -0.2) is 40.3 Å². The van der Waals surface area contributed by atoms with E-state index in [1.165, 1.54) is 0 Å². The second-order valence-corrected chi connectivity index (χ2v) is 3.90. The first-order chi connectivity index (χ1) is 8.09. The topological polar surface area (TPSA) is 74.7 Å². The van der Waals surface area contributed by atoms with Gasteiger partial charge in [0.25, 0.3) is 5.91 Å². The smallest absolute Gasteiger partial charge is 0.326 e. The van der Waals surface area contributed by atoms with Crippen LogP contribution in [0.5, 0.6) is 0 Å². The Balaban J connectivity index is 2.25. The van der Waals surface area contributed by atoms with Crippen molar-refractivity contribution in [2.75, 3.05) is 6.54 Å². The third-order valence-electron chi connectivity index (χ3n) is 2.71. The lowest BCUT2D eigenvalue weighted by Crippen LogP contribution is -2.40. The molecule has 1 atom stereocenters. The van der Waals surface area contributed by atoms with Crippen LogP contribution in [-0.2, 0) is 9.59 Å². The summed E-state index contributed by atoms with van der Waals surface area (Å²) in [6.45, 7) is -0.120. The van der Waals surface area contributed by atoms with Gasteiger partial charge in [0.1, 0.15) is 6.04 Å². The number of Topliss-reactive ketones (excluding diaryl/α,β-unsaturated/α-hetero) is 1. The van der Waals surface area contributed by atoms with Crippen LogP contribution >= 0.6 is 0 Å². The molecule has 1 heterocycles. The van der Waals surface area contributed by atoms with Gasteiger partial charge >= 0.3 is 5.97 Å². The second-order valence-electron chi connectivity index (χ2n) is 3.90. The van der Waals surface area contributed by atoms with Crippen LogP contribution in [0.3, 0.4) is 0 Å². The van der Waals surface area contributed by atoms with Crippen LogP contribution in [0.2, 0.25) is 0 Å². The standard InChI is InChI=1S/C12H11NO4/c14-9-6-10(12(16)17)13(7-9)11(15)8-4-2-1-3-5-8/h1-5,10H,6-7H2,(H,16,17). The molecule has 88 valence electrons. The van der Waals surface area contributed by atoms with E-state index in [0.29, 0.717) is 5.56 Å². The van der Waals surface area contributed by atoms with Crippen molar-refractivity contribution in [2.24, 2.45) is 0 Å². The highest BCUT2D eigenvalue weighted by molar-refractivity contribution is 6.02. The molecule has 1 aliphatic rings. The van der Waals surface area contributed by atoms with Crippen molar-refractivity contribution >= 4 is 17.7 Å². The third-order valence-corrected chi connectivity index (χ3v) is 2.71. The highest BCUT2D eigenvalue weighted by atomic mass is 16.4. The summed E-state index contributed by atoms with van der Waals surface area (Å²) in [5, 5.41) is 8.95. The summed E-state index contributed by atoms with van der Waals surface area (Å²) in [6.07, 6.45) is -0.103. The van der Waals surface area contributed by atoms with Crippen molar-refractivity contribution in [3.63, 3.8) is 0 Å². The van der Waals surface area contributed by atoms with E-state index in [4.69, 9.17) is 5.11 Å². The number of amides is 1.